The molecule has 0 unspecified atom stereocenters. The molecule has 0 saturated carbocycles. The molecule has 0 fully saturated rings. The molecule has 0 aliphatic heterocycles. The second kappa shape index (κ2) is 15.5. The quantitative estimate of drug-likeness (QED) is 0.213. The molecule has 1 heterocycles. The van der Waals surface area contributed by atoms with Gasteiger partial charge in [-0.25, -0.2) is 9.13 Å². The Labute approximate surface area is 158 Å². The first-order chi connectivity index (χ1) is 12.2. The van der Waals surface area contributed by atoms with Crippen LogP contribution >= 0.6 is 0 Å². The SMILES string of the molecule is CCCCCCCCCCn1cc[n+](CCCCCCCC(C)C)c1. The number of hydrogen-bond donors (Lipinski definition) is 0. The number of unbranched alkanes of at least 4 members (excludes halogenated alkanes) is 11. The molecule has 146 valence electrons. The fourth-order valence-electron chi connectivity index (χ4n) is 3.51. The first kappa shape index (κ1) is 22.3. The normalized spacial score (nSPS) is 11.5. The van der Waals surface area contributed by atoms with Crippen LogP contribution in [0.3, 0.4) is 0 Å². The molecule has 0 aromatic carbocycles. The van der Waals surface area contributed by atoms with Crippen molar-refractivity contribution in [2.75, 3.05) is 0 Å². The zero-order valence-corrected chi connectivity index (χ0v) is 17.5. The Bertz CT molecular complexity index is 395. The van der Waals surface area contributed by atoms with Gasteiger partial charge in [0.1, 0.15) is 12.4 Å². The van der Waals surface area contributed by atoms with Crippen molar-refractivity contribution < 1.29 is 4.57 Å². The van der Waals surface area contributed by atoms with Crippen molar-refractivity contribution >= 4 is 0 Å². The van der Waals surface area contributed by atoms with Crippen molar-refractivity contribution in [3.63, 3.8) is 0 Å². The molecule has 0 saturated heterocycles. The molecule has 0 aliphatic rings. The van der Waals surface area contributed by atoms with E-state index in [0.29, 0.717) is 0 Å². The first-order valence-corrected chi connectivity index (χ1v) is 11.3. The van der Waals surface area contributed by atoms with E-state index in [1.807, 2.05) is 0 Å². The van der Waals surface area contributed by atoms with Crippen LogP contribution in [0.5, 0.6) is 0 Å². The maximum Gasteiger partial charge on any atom is 0.243 e. The van der Waals surface area contributed by atoms with E-state index in [0.717, 1.165) is 5.92 Å². The molecular formula is C23H45N2+. The Balaban J connectivity index is 1.95. The Kier molecular flexibility index (Phi) is 13.8. The number of imidazole rings is 1. The van der Waals surface area contributed by atoms with Crippen LogP contribution in [0.25, 0.3) is 0 Å². The lowest BCUT2D eigenvalue weighted by Crippen LogP contribution is -2.30. The highest BCUT2D eigenvalue weighted by molar-refractivity contribution is 4.66. The minimum Gasteiger partial charge on any atom is -0.237 e. The smallest absolute Gasteiger partial charge is 0.237 e. The lowest BCUT2D eigenvalue weighted by atomic mass is 10.0. The molecule has 0 spiro atoms. The summed E-state index contributed by atoms with van der Waals surface area (Å²) in [6, 6.07) is 0. The van der Waals surface area contributed by atoms with E-state index in [1.165, 1.54) is 103 Å². The Morgan fingerprint density at radius 3 is 2.04 bits per heavy atom. The van der Waals surface area contributed by atoms with Crippen molar-refractivity contribution in [2.24, 2.45) is 5.92 Å². The van der Waals surface area contributed by atoms with Gasteiger partial charge in [0.25, 0.3) is 0 Å². The van der Waals surface area contributed by atoms with Crippen molar-refractivity contribution in [2.45, 2.75) is 124 Å². The molecular weight excluding hydrogens is 304 g/mol. The van der Waals surface area contributed by atoms with Crippen molar-refractivity contribution in [3.05, 3.63) is 18.7 Å². The van der Waals surface area contributed by atoms with Gasteiger partial charge in [0, 0.05) is 0 Å². The summed E-state index contributed by atoms with van der Waals surface area (Å²) in [6.45, 7) is 9.33. The van der Waals surface area contributed by atoms with Crippen LogP contribution in [0.15, 0.2) is 18.7 Å². The molecule has 2 heteroatoms. The second-order valence-corrected chi connectivity index (χ2v) is 8.31. The highest BCUT2D eigenvalue weighted by atomic mass is 15.1. The fourth-order valence-corrected chi connectivity index (χ4v) is 3.51. The molecule has 0 amide bonds. The van der Waals surface area contributed by atoms with Crippen LogP contribution in [0.4, 0.5) is 0 Å². The standard InChI is InChI=1S/C23H45N2/c1-4-5-6-7-8-9-12-15-18-24-20-21-25(22-24)19-16-13-10-11-14-17-23(2)3/h20-23H,4-19H2,1-3H3/q+1. The van der Waals surface area contributed by atoms with E-state index in [4.69, 9.17) is 0 Å². The van der Waals surface area contributed by atoms with Gasteiger partial charge in [-0.15, -0.1) is 0 Å². The molecule has 0 atom stereocenters. The zero-order valence-electron chi connectivity index (χ0n) is 17.5. The third-order valence-corrected chi connectivity index (χ3v) is 5.21. The summed E-state index contributed by atoms with van der Waals surface area (Å²) in [7, 11) is 0. The van der Waals surface area contributed by atoms with Gasteiger partial charge in [0.2, 0.25) is 6.33 Å². The molecule has 0 aliphatic carbocycles. The number of aromatic nitrogens is 2. The minimum absolute atomic E-state index is 0.872. The number of aryl methyl sites for hydroxylation is 2. The second-order valence-electron chi connectivity index (χ2n) is 8.31. The van der Waals surface area contributed by atoms with Gasteiger partial charge in [-0.3, -0.25) is 0 Å². The lowest BCUT2D eigenvalue weighted by molar-refractivity contribution is -0.696. The minimum atomic E-state index is 0.872. The number of hydrogen-bond acceptors (Lipinski definition) is 0. The van der Waals surface area contributed by atoms with E-state index in [9.17, 15) is 0 Å². The summed E-state index contributed by atoms with van der Waals surface area (Å²) in [6.07, 6.45) is 26.4. The molecule has 0 N–H and O–H groups in total. The van der Waals surface area contributed by atoms with E-state index in [2.05, 4.69) is 48.6 Å². The molecule has 0 bridgehead atoms. The lowest BCUT2D eigenvalue weighted by Gasteiger charge is -2.03. The van der Waals surface area contributed by atoms with E-state index in [-0.39, 0.29) is 0 Å². The first-order valence-electron chi connectivity index (χ1n) is 11.3. The maximum atomic E-state index is 2.37. The summed E-state index contributed by atoms with van der Waals surface area (Å²) < 4.78 is 4.75. The maximum absolute atomic E-state index is 2.37. The Morgan fingerprint density at radius 2 is 1.36 bits per heavy atom. The largest absolute Gasteiger partial charge is 0.243 e. The van der Waals surface area contributed by atoms with Crippen molar-refractivity contribution in [1.82, 2.24) is 4.57 Å². The summed E-state index contributed by atoms with van der Waals surface area (Å²) >= 11 is 0. The van der Waals surface area contributed by atoms with Crippen LogP contribution in [-0.2, 0) is 13.1 Å². The molecule has 1 aromatic rings. The van der Waals surface area contributed by atoms with E-state index < -0.39 is 0 Å². The fraction of sp³-hybridized carbons (Fsp3) is 0.870. The van der Waals surface area contributed by atoms with Crippen molar-refractivity contribution in [1.29, 1.82) is 0 Å². The van der Waals surface area contributed by atoms with Gasteiger partial charge < -0.3 is 0 Å². The van der Waals surface area contributed by atoms with Crippen LogP contribution in [-0.4, -0.2) is 4.57 Å². The third-order valence-electron chi connectivity index (χ3n) is 5.21. The predicted molar refractivity (Wildman–Crippen MR) is 110 cm³/mol. The van der Waals surface area contributed by atoms with Gasteiger partial charge >= 0.3 is 0 Å². The van der Waals surface area contributed by atoms with E-state index >= 15 is 0 Å². The summed E-state index contributed by atoms with van der Waals surface area (Å²) in [5, 5.41) is 0. The van der Waals surface area contributed by atoms with Crippen LogP contribution in [0.1, 0.15) is 111 Å². The topological polar surface area (TPSA) is 8.81 Å². The van der Waals surface area contributed by atoms with Gasteiger partial charge in [-0.1, -0.05) is 85.0 Å². The van der Waals surface area contributed by atoms with Crippen LogP contribution < -0.4 is 4.57 Å². The average Bonchev–Trinajstić information content (AvgIpc) is 3.04. The number of rotatable bonds is 17. The van der Waals surface area contributed by atoms with Crippen LogP contribution in [0, 0.1) is 5.92 Å². The summed E-state index contributed by atoms with van der Waals surface area (Å²) in [5.74, 6) is 0.872. The summed E-state index contributed by atoms with van der Waals surface area (Å²) in [4.78, 5) is 0. The Hall–Kier alpha value is -0.790. The Morgan fingerprint density at radius 1 is 0.760 bits per heavy atom. The van der Waals surface area contributed by atoms with Gasteiger partial charge in [-0.05, 0) is 31.6 Å². The van der Waals surface area contributed by atoms with Crippen LogP contribution in [0.2, 0.25) is 0 Å². The average molecular weight is 350 g/mol. The third kappa shape index (κ3) is 13.1. The van der Waals surface area contributed by atoms with Gasteiger partial charge in [0.05, 0.1) is 13.1 Å². The van der Waals surface area contributed by atoms with Gasteiger partial charge in [0.15, 0.2) is 0 Å². The molecule has 25 heavy (non-hydrogen) atoms. The monoisotopic (exact) mass is 349 g/mol. The predicted octanol–water partition coefficient (Wildman–Crippen LogP) is 6.91. The molecule has 0 radical (unpaired) electrons. The van der Waals surface area contributed by atoms with Gasteiger partial charge in [-0.2, -0.15) is 0 Å². The van der Waals surface area contributed by atoms with E-state index in [1.54, 1.807) is 0 Å². The molecule has 1 aromatic heterocycles. The summed E-state index contributed by atoms with van der Waals surface area (Å²) in [5.41, 5.74) is 0. The molecule has 1 rings (SSSR count). The highest BCUT2D eigenvalue weighted by Gasteiger charge is 2.03. The highest BCUT2D eigenvalue weighted by Crippen LogP contribution is 2.11. The zero-order chi connectivity index (χ0) is 18.2. The number of nitrogens with zero attached hydrogens (tertiary/aromatic N) is 2. The van der Waals surface area contributed by atoms with Crippen molar-refractivity contribution in [3.8, 4) is 0 Å². The molecule has 2 nitrogen and oxygen atoms in total.